The topological polar surface area (TPSA) is 92.0 Å². The molecule has 98 valence electrons. The smallest absolute Gasteiger partial charge is 0.248 e. The molecule has 0 saturated heterocycles. The van der Waals surface area contributed by atoms with Crippen LogP contribution in [0.3, 0.4) is 0 Å². The fourth-order valence-corrected chi connectivity index (χ4v) is 1.68. The van der Waals surface area contributed by atoms with E-state index in [1.54, 1.807) is 24.2 Å². The van der Waals surface area contributed by atoms with Crippen LogP contribution in [0.1, 0.15) is 37.6 Å². The Morgan fingerprint density at radius 2 is 2.39 bits per heavy atom. The summed E-state index contributed by atoms with van der Waals surface area (Å²) in [6.07, 6.45) is 5.04. The third-order valence-corrected chi connectivity index (χ3v) is 2.56. The van der Waals surface area contributed by atoms with Gasteiger partial charge in [0.05, 0.1) is 11.9 Å². The van der Waals surface area contributed by atoms with Crippen molar-refractivity contribution in [2.45, 2.75) is 32.4 Å². The van der Waals surface area contributed by atoms with Gasteiger partial charge in [-0.05, 0) is 6.42 Å². The number of nitrogens with two attached hydrogens (primary N) is 1. The molecule has 2 N–H and O–H groups in total. The zero-order valence-corrected chi connectivity index (χ0v) is 10.5. The second-order valence-electron chi connectivity index (χ2n) is 4.03. The zero-order chi connectivity index (χ0) is 13.0. The number of aromatic nitrogens is 4. The Balaban J connectivity index is 2.05. The standard InChI is InChI=1S/C11H17N5O2/c1-3-4-9(17-2)11-14-10(18-15-11)7-16-6-8(12)5-13-16/h5-6,9H,3-4,7,12H2,1-2H3. The molecule has 0 saturated carbocycles. The molecule has 0 radical (unpaired) electrons. The first-order chi connectivity index (χ1) is 8.72. The molecule has 0 aliphatic heterocycles. The number of ether oxygens (including phenoxy) is 1. The van der Waals surface area contributed by atoms with Crippen molar-refractivity contribution < 1.29 is 9.26 Å². The molecular weight excluding hydrogens is 234 g/mol. The predicted octanol–water partition coefficient (Wildman–Crippen LogP) is 1.38. The molecule has 7 heteroatoms. The van der Waals surface area contributed by atoms with Crippen molar-refractivity contribution in [2.24, 2.45) is 0 Å². The van der Waals surface area contributed by atoms with Gasteiger partial charge in [0.25, 0.3) is 0 Å². The molecule has 2 aromatic rings. The third-order valence-electron chi connectivity index (χ3n) is 2.56. The minimum Gasteiger partial charge on any atom is -0.396 e. The molecule has 2 heterocycles. The molecule has 0 bridgehead atoms. The summed E-state index contributed by atoms with van der Waals surface area (Å²) in [6.45, 7) is 2.49. The third kappa shape index (κ3) is 2.86. The first kappa shape index (κ1) is 12.6. The highest BCUT2D eigenvalue weighted by Gasteiger charge is 2.17. The number of methoxy groups -OCH3 is 1. The lowest BCUT2D eigenvalue weighted by atomic mass is 10.2. The molecule has 0 fully saturated rings. The van der Waals surface area contributed by atoms with E-state index < -0.39 is 0 Å². The summed E-state index contributed by atoms with van der Waals surface area (Å²) >= 11 is 0. The monoisotopic (exact) mass is 251 g/mol. The summed E-state index contributed by atoms with van der Waals surface area (Å²) in [4.78, 5) is 4.30. The van der Waals surface area contributed by atoms with Crippen molar-refractivity contribution >= 4 is 5.69 Å². The minimum atomic E-state index is -0.116. The molecule has 7 nitrogen and oxygen atoms in total. The number of hydrogen-bond acceptors (Lipinski definition) is 6. The Hall–Kier alpha value is -1.89. The Morgan fingerprint density at radius 3 is 3.00 bits per heavy atom. The van der Waals surface area contributed by atoms with Gasteiger partial charge in [0.1, 0.15) is 12.6 Å². The van der Waals surface area contributed by atoms with Crippen molar-refractivity contribution in [3.05, 3.63) is 24.1 Å². The maximum atomic E-state index is 5.58. The van der Waals surface area contributed by atoms with Crippen molar-refractivity contribution in [3.8, 4) is 0 Å². The van der Waals surface area contributed by atoms with Gasteiger partial charge in [-0.25, -0.2) is 0 Å². The highest BCUT2D eigenvalue weighted by atomic mass is 16.5. The van der Waals surface area contributed by atoms with Crippen LogP contribution in [0, 0.1) is 0 Å². The fourth-order valence-electron chi connectivity index (χ4n) is 1.68. The van der Waals surface area contributed by atoms with E-state index in [-0.39, 0.29) is 6.10 Å². The van der Waals surface area contributed by atoms with Crippen LogP contribution < -0.4 is 5.73 Å². The van der Waals surface area contributed by atoms with Gasteiger partial charge in [-0.1, -0.05) is 18.5 Å². The minimum absolute atomic E-state index is 0.116. The van der Waals surface area contributed by atoms with Crippen LogP contribution in [0.2, 0.25) is 0 Å². The highest BCUT2D eigenvalue weighted by molar-refractivity contribution is 5.30. The molecule has 0 aliphatic carbocycles. The van der Waals surface area contributed by atoms with Crippen molar-refractivity contribution in [1.29, 1.82) is 0 Å². The van der Waals surface area contributed by atoms with Crippen molar-refractivity contribution in [3.63, 3.8) is 0 Å². The number of hydrogen-bond donors (Lipinski definition) is 1. The van der Waals surface area contributed by atoms with Crippen LogP contribution in [0.25, 0.3) is 0 Å². The maximum absolute atomic E-state index is 5.58. The fraction of sp³-hybridized carbons (Fsp3) is 0.545. The summed E-state index contributed by atoms with van der Waals surface area (Å²) in [7, 11) is 1.64. The van der Waals surface area contributed by atoms with Gasteiger partial charge >= 0.3 is 0 Å². The van der Waals surface area contributed by atoms with Crippen LogP contribution in [-0.4, -0.2) is 27.0 Å². The van der Waals surface area contributed by atoms with E-state index in [9.17, 15) is 0 Å². The SMILES string of the molecule is CCCC(OC)c1noc(Cn2cc(N)cn2)n1. The average molecular weight is 251 g/mol. The van der Waals surface area contributed by atoms with Gasteiger partial charge in [-0.2, -0.15) is 10.1 Å². The zero-order valence-electron chi connectivity index (χ0n) is 10.5. The summed E-state index contributed by atoms with van der Waals surface area (Å²) in [6, 6.07) is 0. The predicted molar refractivity (Wildman–Crippen MR) is 64.7 cm³/mol. The van der Waals surface area contributed by atoms with Crippen molar-refractivity contribution in [2.75, 3.05) is 12.8 Å². The first-order valence-corrected chi connectivity index (χ1v) is 5.86. The number of rotatable bonds is 6. The molecule has 0 aliphatic rings. The Labute approximate surface area is 105 Å². The lowest BCUT2D eigenvalue weighted by molar-refractivity contribution is 0.0854. The first-order valence-electron chi connectivity index (χ1n) is 5.86. The Bertz CT molecular complexity index is 493. The van der Waals surface area contributed by atoms with E-state index in [2.05, 4.69) is 22.2 Å². The van der Waals surface area contributed by atoms with Crippen LogP contribution >= 0.6 is 0 Å². The van der Waals surface area contributed by atoms with Gasteiger partial charge < -0.3 is 15.0 Å². The summed E-state index contributed by atoms with van der Waals surface area (Å²) in [5, 5.41) is 7.98. The average Bonchev–Trinajstić information content (AvgIpc) is 2.96. The van der Waals surface area contributed by atoms with Crippen LogP contribution in [-0.2, 0) is 11.3 Å². The van der Waals surface area contributed by atoms with Crippen LogP contribution in [0.15, 0.2) is 16.9 Å². The maximum Gasteiger partial charge on any atom is 0.248 e. The Kier molecular flexibility index (Phi) is 3.93. The molecule has 2 rings (SSSR count). The summed E-state index contributed by atoms with van der Waals surface area (Å²) in [5.74, 6) is 1.07. The van der Waals surface area contributed by atoms with E-state index in [1.807, 2.05) is 0 Å². The highest BCUT2D eigenvalue weighted by Crippen LogP contribution is 2.19. The Morgan fingerprint density at radius 1 is 1.56 bits per heavy atom. The summed E-state index contributed by atoms with van der Waals surface area (Å²) in [5.41, 5.74) is 6.18. The lowest BCUT2D eigenvalue weighted by Crippen LogP contribution is -2.04. The lowest BCUT2D eigenvalue weighted by Gasteiger charge is -2.08. The van der Waals surface area contributed by atoms with E-state index in [0.29, 0.717) is 23.9 Å². The van der Waals surface area contributed by atoms with E-state index in [1.165, 1.54) is 0 Å². The van der Waals surface area contributed by atoms with Crippen LogP contribution in [0.4, 0.5) is 5.69 Å². The van der Waals surface area contributed by atoms with Gasteiger partial charge in [-0.3, -0.25) is 4.68 Å². The van der Waals surface area contributed by atoms with E-state index >= 15 is 0 Å². The van der Waals surface area contributed by atoms with Gasteiger partial charge in [0.15, 0.2) is 0 Å². The molecule has 1 unspecified atom stereocenters. The second-order valence-corrected chi connectivity index (χ2v) is 4.03. The second kappa shape index (κ2) is 5.63. The molecule has 2 aromatic heterocycles. The number of nitrogen functional groups attached to an aromatic ring is 1. The number of anilines is 1. The van der Waals surface area contributed by atoms with E-state index in [4.69, 9.17) is 15.0 Å². The van der Waals surface area contributed by atoms with Gasteiger partial charge in [-0.15, -0.1) is 0 Å². The molecule has 1 atom stereocenters. The molecule has 0 spiro atoms. The normalized spacial score (nSPS) is 12.8. The van der Waals surface area contributed by atoms with E-state index in [0.717, 1.165) is 12.8 Å². The van der Waals surface area contributed by atoms with Crippen LogP contribution in [0.5, 0.6) is 0 Å². The van der Waals surface area contributed by atoms with Gasteiger partial charge in [0, 0.05) is 13.3 Å². The molecule has 18 heavy (non-hydrogen) atoms. The van der Waals surface area contributed by atoms with Gasteiger partial charge in [0.2, 0.25) is 11.7 Å². The number of nitrogens with zero attached hydrogens (tertiary/aromatic N) is 4. The quantitative estimate of drug-likeness (QED) is 0.833. The summed E-state index contributed by atoms with van der Waals surface area (Å²) < 4.78 is 12.1. The molecular formula is C11H17N5O2. The molecule has 0 amide bonds. The van der Waals surface area contributed by atoms with Crippen molar-refractivity contribution in [1.82, 2.24) is 19.9 Å². The largest absolute Gasteiger partial charge is 0.396 e. The molecule has 0 aromatic carbocycles.